The van der Waals surface area contributed by atoms with E-state index in [0.717, 1.165) is 11.3 Å². The van der Waals surface area contributed by atoms with Gasteiger partial charge in [0, 0.05) is 17.6 Å². The van der Waals surface area contributed by atoms with E-state index in [0.29, 0.717) is 30.5 Å². The smallest absolute Gasteiger partial charge is 0.315 e. The quantitative estimate of drug-likeness (QED) is 0.764. The van der Waals surface area contributed by atoms with Crippen LogP contribution >= 0.6 is 11.6 Å². The number of benzene rings is 2. The lowest BCUT2D eigenvalue weighted by Crippen LogP contribution is -2.37. The van der Waals surface area contributed by atoms with Gasteiger partial charge in [0.15, 0.2) is 0 Å². The molecule has 23 heavy (non-hydrogen) atoms. The van der Waals surface area contributed by atoms with Crippen molar-refractivity contribution < 1.29 is 14.3 Å². The van der Waals surface area contributed by atoms with Crippen molar-refractivity contribution in [3.8, 4) is 11.5 Å². The van der Waals surface area contributed by atoms with Gasteiger partial charge in [-0.1, -0.05) is 35.9 Å². The Balaban J connectivity index is 1.66. The Morgan fingerprint density at radius 1 is 1.09 bits per heavy atom. The molecule has 6 heteroatoms. The van der Waals surface area contributed by atoms with Crippen LogP contribution in [0.15, 0.2) is 48.5 Å². The molecule has 0 saturated heterocycles. The van der Waals surface area contributed by atoms with Crippen LogP contribution in [0.4, 0.5) is 4.79 Å². The van der Waals surface area contributed by atoms with Crippen LogP contribution in [0.25, 0.3) is 0 Å². The number of hydrogen-bond donors (Lipinski definition) is 2. The second-order valence-corrected chi connectivity index (χ2v) is 5.14. The molecule has 2 rings (SSSR count). The van der Waals surface area contributed by atoms with Crippen LogP contribution < -0.4 is 20.1 Å². The maximum absolute atomic E-state index is 11.7. The third-order valence-corrected chi connectivity index (χ3v) is 3.46. The first-order valence-corrected chi connectivity index (χ1v) is 7.59. The van der Waals surface area contributed by atoms with Crippen LogP contribution in [0.2, 0.25) is 5.02 Å². The predicted octanol–water partition coefficient (Wildman–Crippen LogP) is 3.23. The molecule has 0 atom stereocenters. The molecule has 0 radical (unpaired) electrons. The standard InChI is InChI=1S/C17H19ClN2O3/c1-22-14-6-4-7-15(11-14)23-10-9-19-17(21)20-12-13-5-2-3-8-16(13)18/h2-8,11H,9-10,12H2,1H3,(H2,19,20,21). The Kier molecular flexibility index (Phi) is 6.56. The molecule has 2 amide bonds. The minimum absolute atomic E-state index is 0.265. The largest absolute Gasteiger partial charge is 0.497 e. The van der Waals surface area contributed by atoms with Crippen molar-refractivity contribution in [3.05, 3.63) is 59.1 Å². The molecule has 0 saturated carbocycles. The van der Waals surface area contributed by atoms with Crippen molar-refractivity contribution in [2.75, 3.05) is 20.3 Å². The fourth-order valence-electron chi connectivity index (χ4n) is 1.90. The van der Waals surface area contributed by atoms with Crippen LogP contribution in [-0.2, 0) is 6.54 Å². The summed E-state index contributed by atoms with van der Waals surface area (Å²) in [6.45, 7) is 1.14. The molecule has 2 N–H and O–H groups in total. The summed E-state index contributed by atoms with van der Waals surface area (Å²) in [5.74, 6) is 1.43. The zero-order chi connectivity index (χ0) is 16.5. The second-order valence-electron chi connectivity index (χ2n) is 4.73. The van der Waals surface area contributed by atoms with Crippen LogP contribution in [0.1, 0.15) is 5.56 Å². The fourth-order valence-corrected chi connectivity index (χ4v) is 2.11. The molecule has 0 aliphatic heterocycles. The Morgan fingerprint density at radius 3 is 2.65 bits per heavy atom. The van der Waals surface area contributed by atoms with Crippen molar-refractivity contribution >= 4 is 17.6 Å². The lowest BCUT2D eigenvalue weighted by molar-refractivity contribution is 0.236. The highest BCUT2D eigenvalue weighted by molar-refractivity contribution is 6.31. The van der Waals surface area contributed by atoms with Crippen LogP contribution in [0.5, 0.6) is 11.5 Å². The maximum Gasteiger partial charge on any atom is 0.315 e. The van der Waals surface area contributed by atoms with E-state index in [1.165, 1.54) is 0 Å². The molecular weight excluding hydrogens is 316 g/mol. The second kappa shape index (κ2) is 8.90. The molecule has 0 fully saturated rings. The van der Waals surface area contributed by atoms with Gasteiger partial charge in [-0.25, -0.2) is 4.79 Å². The Hall–Kier alpha value is -2.40. The third kappa shape index (κ3) is 5.71. The van der Waals surface area contributed by atoms with E-state index in [2.05, 4.69) is 10.6 Å². The zero-order valence-electron chi connectivity index (χ0n) is 12.8. The lowest BCUT2D eigenvalue weighted by Gasteiger charge is -2.10. The lowest BCUT2D eigenvalue weighted by atomic mass is 10.2. The van der Waals surface area contributed by atoms with Gasteiger partial charge in [-0.05, 0) is 23.8 Å². The number of carbonyl (C=O) groups excluding carboxylic acids is 1. The Morgan fingerprint density at radius 2 is 1.87 bits per heavy atom. The van der Waals surface area contributed by atoms with Crippen molar-refractivity contribution in [2.24, 2.45) is 0 Å². The summed E-state index contributed by atoms with van der Waals surface area (Å²) in [4.78, 5) is 11.7. The topological polar surface area (TPSA) is 59.6 Å². The van der Waals surface area contributed by atoms with Crippen molar-refractivity contribution in [1.29, 1.82) is 0 Å². The number of rotatable bonds is 7. The summed E-state index contributed by atoms with van der Waals surface area (Å²) in [5, 5.41) is 6.10. The summed E-state index contributed by atoms with van der Waals surface area (Å²) in [6, 6.07) is 14.4. The molecule has 0 bridgehead atoms. The van der Waals surface area contributed by atoms with Gasteiger partial charge in [0.25, 0.3) is 0 Å². The van der Waals surface area contributed by atoms with Gasteiger partial charge in [0.1, 0.15) is 18.1 Å². The van der Waals surface area contributed by atoms with Gasteiger partial charge >= 0.3 is 6.03 Å². The molecular formula is C17H19ClN2O3. The fraction of sp³-hybridized carbons (Fsp3) is 0.235. The van der Waals surface area contributed by atoms with Crippen LogP contribution in [0, 0.1) is 0 Å². The number of hydrogen-bond acceptors (Lipinski definition) is 3. The number of methoxy groups -OCH3 is 1. The molecule has 0 unspecified atom stereocenters. The normalized spacial score (nSPS) is 10.0. The first-order valence-electron chi connectivity index (χ1n) is 7.21. The summed E-state index contributed by atoms with van der Waals surface area (Å²) >= 11 is 6.03. The van der Waals surface area contributed by atoms with Crippen molar-refractivity contribution in [2.45, 2.75) is 6.54 Å². The van der Waals surface area contributed by atoms with Gasteiger partial charge in [-0.15, -0.1) is 0 Å². The summed E-state index contributed by atoms with van der Waals surface area (Å²) < 4.78 is 10.6. The first-order chi connectivity index (χ1) is 11.2. The van der Waals surface area contributed by atoms with E-state index < -0.39 is 0 Å². The van der Waals surface area contributed by atoms with E-state index in [4.69, 9.17) is 21.1 Å². The molecule has 0 spiro atoms. The average molecular weight is 335 g/mol. The Labute approximate surface area is 140 Å². The minimum atomic E-state index is -0.265. The molecule has 0 aromatic heterocycles. The van der Waals surface area contributed by atoms with Crippen LogP contribution in [-0.4, -0.2) is 26.3 Å². The number of amides is 2. The van der Waals surface area contributed by atoms with E-state index >= 15 is 0 Å². The molecule has 5 nitrogen and oxygen atoms in total. The maximum atomic E-state index is 11.7. The molecule has 2 aromatic carbocycles. The van der Waals surface area contributed by atoms with Gasteiger partial charge in [-0.3, -0.25) is 0 Å². The highest BCUT2D eigenvalue weighted by Crippen LogP contribution is 2.18. The monoisotopic (exact) mass is 334 g/mol. The van der Waals surface area contributed by atoms with Gasteiger partial charge < -0.3 is 20.1 Å². The molecule has 0 aliphatic carbocycles. The highest BCUT2D eigenvalue weighted by atomic mass is 35.5. The number of halogens is 1. The Bertz CT molecular complexity index is 649. The molecule has 2 aromatic rings. The van der Waals surface area contributed by atoms with Gasteiger partial charge in [0.2, 0.25) is 0 Å². The minimum Gasteiger partial charge on any atom is -0.497 e. The van der Waals surface area contributed by atoms with Crippen molar-refractivity contribution in [3.63, 3.8) is 0 Å². The van der Waals surface area contributed by atoms with Gasteiger partial charge in [-0.2, -0.15) is 0 Å². The SMILES string of the molecule is COc1cccc(OCCNC(=O)NCc2ccccc2Cl)c1. The number of urea groups is 1. The van der Waals surface area contributed by atoms with E-state index in [-0.39, 0.29) is 6.03 Å². The van der Waals surface area contributed by atoms with E-state index in [1.54, 1.807) is 19.2 Å². The van der Waals surface area contributed by atoms with E-state index in [9.17, 15) is 4.79 Å². The number of ether oxygens (including phenoxy) is 2. The van der Waals surface area contributed by atoms with Gasteiger partial charge in [0.05, 0.1) is 13.7 Å². The predicted molar refractivity (Wildman–Crippen MR) is 90.2 cm³/mol. The highest BCUT2D eigenvalue weighted by Gasteiger charge is 2.03. The average Bonchev–Trinajstić information content (AvgIpc) is 2.58. The zero-order valence-corrected chi connectivity index (χ0v) is 13.6. The number of carbonyl (C=O) groups is 1. The summed E-state index contributed by atoms with van der Waals surface area (Å²) in [7, 11) is 1.60. The third-order valence-electron chi connectivity index (χ3n) is 3.09. The first kappa shape index (κ1) is 17.0. The van der Waals surface area contributed by atoms with E-state index in [1.807, 2.05) is 36.4 Å². The summed E-state index contributed by atoms with van der Waals surface area (Å²) in [5.41, 5.74) is 0.872. The van der Waals surface area contributed by atoms with Crippen molar-refractivity contribution in [1.82, 2.24) is 10.6 Å². The molecule has 0 aliphatic rings. The van der Waals surface area contributed by atoms with Crippen LogP contribution in [0.3, 0.4) is 0 Å². The summed E-state index contributed by atoms with van der Waals surface area (Å²) in [6.07, 6.45) is 0. The number of nitrogens with one attached hydrogen (secondary N) is 2. The molecule has 122 valence electrons. The molecule has 0 heterocycles.